The number of methoxy groups -OCH3 is 2. The molecule has 0 saturated carbocycles. The van der Waals surface area contributed by atoms with Gasteiger partial charge >= 0.3 is 0 Å². The van der Waals surface area contributed by atoms with E-state index in [0.29, 0.717) is 5.56 Å². The summed E-state index contributed by atoms with van der Waals surface area (Å²) in [7, 11) is 1.04. The maximum absolute atomic E-state index is 11.2. The molecule has 4 nitrogen and oxygen atoms in total. The number of hydrogen-bond donors (Lipinski definition) is 2. The molecule has 0 atom stereocenters. The summed E-state index contributed by atoms with van der Waals surface area (Å²) in [5.74, 6) is 6.13. The van der Waals surface area contributed by atoms with E-state index in [9.17, 15) is 10.2 Å². The molecule has 0 aliphatic carbocycles. The van der Waals surface area contributed by atoms with Gasteiger partial charge in [0.15, 0.2) is 11.5 Å². The lowest BCUT2D eigenvalue weighted by Gasteiger charge is -2.26. The average Bonchev–Trinajstić information content (AvgIpc) is 2.66. The van der Waals surface area contributed by atoms with Crippen LogP contribution in [-0.4, -0.2) is 32.5 Å². The molecule has 0 radical (unpaired) electrons. The Morgan fingerprint density at radius 3 is 2.07 bits per heavy atom. The van der Waals surface area contributed by atoms with Crippen LogP contribution < -0.4 is 9.47 Å². The highest BCUT2D eigenvalue weighted by Crippen LogP contribution is 2.51. The van der Waals surface area contributed by atoms with Crippen LogP contribution in [0.15, 0.2) is 36.4 Å². The molecule has 148 valence electrons. The van der Waals surface area contributed by atoms with Crippen LogP contribution in [0.3, 0.4) is 0 Å². The van der Waals surface area contributed by atoms with Crippen LogP contribution in [0.25, 0.3) is 5.20 Å². The van der Waals surface area contributed by atoms with Crippen molar-refractivity contribution >= 4 is 13.3 Å². The zero-order valence-electron chi connectivity index (χ0n) is 17.4. The second-order valence-corrected chi connectivity index (χ2v) is 12.4. The smallest absolute Gasteiger partial charge is 0.203 e. The molecular formula is C23H28O4Si. The highest BCUT2D eigenvalue weighted by molar-refractivity contribution is 6.93. The van der Waals surface area contributed by atoms with E-state index in [1.54, 1.807) is 0 Å². The van der Waals surface area contributed by atoms with Gasteiger partial charge in [-0.25, -0.2) is 0 Å². The van der Waals surface area contributed by atoms with Crippen LogP contribution in [0.5, 0.6) is 23.0 Å². The van der Waals surface area contributed by atoms with Gasteiger partial charge in [-0.2, -0.15) is 0 Å². The number of phenolic OH excluding ortho intramolecular Hbond substituents is 2. The molecule has 0 heterocycles. The third-order valence-electron chi connectivity index (χ3n) is 4.36. The molecule has 0 fully saturated rings. The summed E-state index contributed by atoms with van der Waals surface area (Å²) in [4.78, 5) is 0. The molecule has 28 heavy (non-hydrogen) atoms. The summed E-state index contributed by atoms with van der Waals surface area (Å²) >= 11 is 0. The Morgan fingerprint density at radius 2 is 1.57 bits per heavy atom. The topological polar surface area (TPSA) is 58.9 Å². The van der Waals surface area contributed by atoms with Gasteiger partial charge in [0.05, 0.1) is 27.9 Å². The highest BCUT2D eigenvalue weighted by atomic mass is 28.3. The van der Waals surface area contributed by atoms with Gasteiger partial charge in [0.2, 0.25) is 5.75 Å². The summed E-state index contributed by atoms with van der Waals surface area (Å²) in [6.07, 6.45) is 2.89. The predicted molar refractivity (Wildman–Crippen MR) is 117 cm³/mol. The fourth-order valence-electron chi connectivity index (χ4n) is 3.09. The summed E-state index contributed by atoms with van der Waals surface area (Å²) in [6.45, 7) is 8.60. The van der Waals surface area contributed by atoms with E-state index in [1.807, 2.05) is 37.3 Å². The fourth-order valence-corrected chi connectivity index (χ4v) is 4.89. The Morgan fingerprint density at radius 1 is 0.964 bits per heavy atom. The Labute approximate surface area is 168 Å². The molecule has 0 spiro atoms. The number of aromatic hydroxyl groups is 2. The zero-order chi connectivity index (χ0) is 20.9. The van der Waals surface area contributed by atoms with E-state index in [1.165, 1.54) is 14.2 Å². The van der Waals surface area contributed by atoms with Crippen LogP contribution >= 0.6 is 0 Å². The van der Waals surface area contributed by atoms with Crippen molar-refractivity contribution < 1.29 is 19.7 Å². The lowest BCUT2D eigenvalue weighted by molar-refractivity contribution is 0.333. The Balaban J connectivity index is 2.86. The summed E-state index contributed by atoms with van der Waals surface area (Å²) in [6, 6.07) is 9.46. The third kappa shape index (κ3) is 4.34. The SMILES string of the molecule is CC/C=C(/c1c(O)c(C#Cc2ccccc2)c(OC)c(O)c1OC)[Si](C)(C)C. The van der Waals surface area contributed by atoms with Crippen molar-refractivity contribution in [1.82, 2.24) is 0 Å². The molecule has 0 amide bonds. The van der Waals surface area contributed by atoms with E-state index in [0.717, 1.165) is 17.2 Å². The molecule has 2 aromatic rings. The molecule has 0 aromatic heterocycles. The van der Waals surface area contributed by atoms with Crippen molar-refractivity contribution in [1.29, 1.82) is 0 Å². The summed E-state index contributed by atoms with van der Waals surface area (Å²) < 4.78 is 10.9. The first-order chi connectivity index (χ1) is 13.3. The van der Waals surface area contributed by atoms with Crippen LogP contribution in [0, 0.1) is 11.8 Å². The summed E-state index contributed by atoms with van der Waals surface area (Å²) in [5, 5.41) is 23.0. The van der Waals surface area contributed by atoms with Crippen molar-refractivity contribution in [3.8, 4) is 34.8 Å². The number of phenols is 2. The second-order valence-electron chi connectivity index (χ2n) is 7.41. The Kier molecular flexibility index (Phi) is 6.82. The summed E-state index contributed by atoms with van der Waals surface area (Å²) in [5.41, 5.74) is 1.55. The Bertz CT molecular complexity index is 929. The number of ether oxygens (including phenoxy) is 2. The maximum atomic E-state index is 11.2. The largest absolute Gasteiger partial charge is 0.506 e. The minimum Gasteiger partial charge on any atom is -0.506 e. The van der Waals surface area contributed by atoms with Crippen molar-refractivity contribution in [2.24, 2.45) is 0 Å². The average molecular weight is 397 g/mol. The Hall–Kier alpha value is -2.84. The van der Waals surface area contributed by atoms with Crippen molar-refractivity contribution in [3.63, 3.8) is 0 Å². The van der Waals surface area contributed by atoms with Crippen LogP contribution in [-0.2, 0) is 0 Å². The third-order valence-corrected chi connectivity index (χ3v) is 6.43. The minimum absolute atomic E-state index is 0.0305. The normalized spacial score (nSPS) is 11.6. The molecule has 2 N–H and O–H groups in total. The number of rotatable bonds is 5. The van der Waals surface area contributed by atoms with Gasteiger partial charge in [-0.1, -0.05) is 62.7 Å². The fraction of sp³-hybridized carbons (Fsp3) is 0.304. The van der Waals surface area contributed by atoms with Gasteiger partial charge in [0.25, 0.3) is 0 Å². The predicted octanol–water partition coefficient (Wildman–Crippen LogP) is 5.19. The lowest BCUT2D eigenvalue weighted by atomic mass is 10.0. The highest BCUT2D eigenvalue weighted by Gasteiger charge is 2.32. The van der Waals surface area contributed by atoms with E-state index in [4.69, 9.17) is 9.47 Å². The molecule has 5 heteroatoms. The molecule has 0 saturated heterocycles. The van der Waals surface area contributed by atoms with Gasteiger partial charge < -0.3 is 19.7 Å². The van der Waals surface area contributed by atoms with Crippen LogP contribution in [0.2, 0.25) is 19.6 Å². The molecule has 0 unspecified atom stereocenters. The molecular weight excluding hydrogens is 368 g/mol. The minimum atomic E-state index is -1.87. The number of benzene rings is 2. The van der Waals surface area contributed by atoms with Gasteiger partial charge in [-0.3, -0.25) is 0 Å². The van der Waals surface area contributed by atoms with Gasteiger partial charge in [-0.15, -0.1) is 0 Å². The first-order valence-corrected chi connectivity index (χ1v) is 12.7. The maximum Gasteiger partial charge on any atom is 0.203 e. The van der Waals surface area contributed by atoms with Crippen molar-refractivity contribution in [2.45, 2.75) is 33.0 Å². The van der Waals surface area contributed by atoms with Crippen molar-refractivity contribution in [2.75, 3.05) is 14.2 Å². The first kappa shape index (κ1) is 21.5. The van der Waals surface area contributed by atoms with E-state index in [-0.39, 0.29) is 28.6 Å². The standard InChI is InChI=1S/C23H28O4Si/c1-7-11-18(28(4,5)6)19-20(24)17(15-14-16-12-9-8-10-13-16)22(26-2)21(25)23(19)27-3/h8-13,24-25H,7H2,1-6H3/b18-11-. The molecule has 0 bridgehead atoms. The number of allylic oxidation sites excluding steroid dienone is 1. The lowest BCUT2D eigenvalue weighted by Crippen LogP contribution is -2.23. The van der Waals surface area contributed by atoms with Gasteiger partial charge in [0, 0.05) is 5.56 Å². The van der Waals surface area contributed by atoms with E-state index in [2.05, 4.69) is 37.6 Å². The van der Waals surface area contributed by atoms with Crippen LogP contribution in [0.4, 0.5) is 0 Å². The van der Waals surface area contributed by atoms with Gasteiger partial charge in [-0.05, 0) is 23.7 Å². The molecule has 0 aliphatic rings. The number of hydrogen-bond acceptors (Lipinski definition) is 4. The van der Waals surface area contributed by atoms with Gasteiger partial charge in [0.1, 0.15) is 11.3 Å². The van der Waals surface area contributed by atoms with E-state index < -0.39 is 8.07 Å². The molecule has 0 aliphatic heterocycles. The quantitative estimate of drug-likeness (QED) is 0.415. The zero-order valence-corrected chi connectivity index (χ0v) is 18.4. The van der Waals surface area contributed by atoms with Crippen molar-refractivity contribution in [3.05, 3.63) is 53.1 Å². The molecule has 2 rings (SSSR count). The van der Waals surface area contributed by atoms with Crippen LogP contribution in [0.1, 0.15) is 30.0 Å². The van der Waals surface area contributed by atoms with E-state index >= 15 is 0 Å². The second kappa shape index (κ2) is 8.90. The molecule has 2 aromatic carbocycles. The monoisotopic (exact) mass is 396 g/mol. The first-order valence-electron chi connectivity index (χ1n) is 9.24.